The third kappa shape index (κ3) is 2.89. The van der Waals surface area contributed by atoms with E-state index in [0.29, 0.717) is 39.5 Å². The molecule has 6 nitrogen and oxygen atoms in total. The first kappa shape index (κ1) is 17.1. The van der Waals surface area contributed by atoms with Crippen molar-refractivity contribution in [2.45, 2.75) is 11.3 Å². The van der Waals surface area contributed by atoms with Gasteiger partial charge in [0, 0.05) is 11.3 Å². The summed E-state index contributed by atoms with van der Waals surface area (Å²) in [5.41, 5.74) is 0.949. The molecule has 10 heteroatoms. The number of hydrogen-bond acceptors (Lipinski definition) is 6. The summed E-state index contributed by atoms with van der Waals surface area (Å²) < 4.78 is 51.3. The average molecular weight is 404 g/mol. The van der Waals surface area contributed by atoms with E-state index in [0.717, 1.165) is 17.7 Å². The van der Waals surface area contributed by atoms with Crippen LogP contribution in [0, 0.1) is 0 Å². The van der Waals surface area contributed by atoms with Gasteiger partial charge in [0.05, 0.1) is 11.3 Å². The Kier molecular flexibility index (Phi) is 3.83. The molecule has 2 aromatic carbocycles. The zero-order chi connectivity index (χ0) is 19.3. The van der Waals surface area contributed by atoms with Crippen LogP contribution in [0.4, 0.5) is 13.2 Å². The van der Waals surface area contributed by atoms with Gasteiger partial charge in [0.1, 0.15) is 0 Å². The molecule has 0 unspecified atom stereocenters. The summed E-state index contributed by atoms with van der Waals surface area (Å²) >= 11 is 1.37. The van der Waals surface area contributed by atoms with Crippen LogP contribution in [0.15, 0.2) is 52.7 Å². The van der Waals surface area contributed by atoms with E-state index in [1.165, 1.54) is 17.8 Å². The van der Waals surface area contributed by atoms with E-state index in [2.05, 4.69) is 15.3 Å². The van der Waals surface area contributed by atoms with Crippen molar-refractivity contribution in [3.63, 3.8) is 0 Å². The molecule has 142 valence electrons. The van der Waals surface area contributed by atoms with Crippen LogP contribution in [0.2, 0.25) is 0 Å². The zero-order valence-corrected chi connectivity index (χ0v) is 14.9. The van der Waals surface area contributed by atoms with E-state index < -0.39 is 11.7 Å². The number of alkyl halides is 3. The number of halogens is 3. The lowest BCUT2D eigenvalue weighted by molar-refractivity contribution is -0.137. The summed E-state index contributed by atoms with van der Waals surface area (Å²) in [6.45, 7) is 0.157. The molecule has 0 fully saturated rings. The molecular formula is C18H11F3N4O2S. The second-order valence-electron chi connectivity index (χ2n) is 6.10. The van der Waals surface area contributed by atoms with Crippen LogP contribution < -0.4 is 9.47 Å². The lowest BCUT2D eigenvalue weighted by Crippen LogP contribution is -2.15. The number of rotatable bonds is 2. The molecule has 0 saturated carbocycles. The van der Waals surface area contributed by atoms with Crippen molar-refractivity contribution in [1.29, 1.82) is 0 Å². The molecule has 0 amide bonds. The number of nitrogens with zero attached hydrogens (tertiary/aromatic N) is 4. The molecule has 3 heterocycles. The Bertz CT molecular complexity index is 1110. The van der Waals surface area contributed by atoms with Crippen molar-refractivity contribution in [3.8, 4) is 22.9 Å². The predicted molar refractivity (Wildman–Crippen MR) is 95.7 cm³/mol. The fourth-order valence-corrected chi connectivity index (χ4v) is 3.80. The van der Waals surface area contributed by atoms with Gasteiger partial charge in [-0.1, -0.05) is 23.9 Å². The Hall–Kier alpha value is -3.01. The molecule has 5 rings (SSSR count). The average Bonchev–Trinajstić information content (AvgIpc) is 3.33. The summed E-state index contributed by atoms with van der Waals surface area (Å²) in [5, 5.41) is 13.4. The maximum absolute atomic E-state index is 13.0. The Morgan fingerprint density at radius 3 is 2.68 bits per heavy atom. The van der Waals surface area contributed by atoms with Crippen LogP contribution >= 0.6 is 11.8 Å². The summed E-state index contributed by atoms with van der Waals surface area (Å²) in [5.74, 6) is 2.12. The minimum atomic E-state index is -4.41. The number of aromatic nitrogens is 3. The van der Waals surface area contributed by atoms with E-state index in [4.69, 9.17) is 9.47 Å². The van der Waals surface area contributed by atoms with Gasteiger partial charge >= 0.3 is 6.18 Å². The smallest absolute Gasteiger partial charge is 0.416 e. The second kappa shape index (κ2) is 6.26. The second-order valence-corrected chi connectivity index (χ2v) is 7.04. The van der Waals surface area contributed by atoms with E-state index in [9.17, 15) is 13.2 Å². The fraction of sp³-hybridized carbons (Fsp3) is 0.167. The molecule has 3 aromatic rings. The van der Waals surface area contributed by atoms with Gasteiger partial charge in [-0.25, -0.2) is 0 Å². The molecule has 0 N–H and O–H groups in total. The molecule has 0 radical (unpaired) electrons. The first-order valence-electron chi connectivity index (χ1n) is 8.23. The zero-order valence-electron chi connectivity index (χ0n) is 14.1. The molecule has 2 aliphatic heterocycles. The van der Waals surface area contributed by atoms with Crippen LogP contribution in [0.25, 0.3) is 11.4 Å². The van der Waals surface area contributed by atoms with Gasteiger partial charge in [0.2, 0.25) is 11.9 Å². The highest BCUT2D eigenvalue weighted by Gasteiger charge is 2.31. The first-order valence-corrected chi connectivity index (χ1v) is 9.21. The van der Waals surface area contributed by atoms with Gasteiger partial charge in [-0.05, 0) is 35.9 Å². The highest BCUT2D eigenvalue weighted by atomic mass is 32.2. The van der Waals surface area contributed by atoms with Crippen LogP contribution in [0.5, 0.6) is 11.5 Å². The molecule has 0 bridgehead atoms. The summed E-state index contributed by atoms with van der Waals surface area (Å²) in [6, 6.07) is 10.5. The van der Waals surface area contributed by atoms with E-state index >= 15 is 0 Å². The predicted octanol–water partition coefficient (Wildman–Crippen LogP) is 4.05. The monoisotopic (exact) mass is 404 g/mol. The Morgan fingerprint density at radius 2 is 1.82 bits per heavy atom. The number of ether oxygens (including phenoxy) is 2. The van der Waals surface area contributed by atoms with Crippen molar-refractivity contribution >= 4 is 17.5 Å². The van der Waals surface area contributed by atoms with Gasteiger partial charge in [0.25, 0.3) is 0 Å². The third-order valence-electron chi connectivity index (χ3n) is 4.32. The standard InChI is InChI=1S/C18H11F3N4O2S/c19-18(20,21)12-3-1-2-10(6-12)13-8-28-17-23-22-16(25(17)24-13)11-4-5-14-15(7-11)27-9-26-14/h1-7H,8-9H2. The van der Waals surface area contributed by atoms with Crippen molar-refractivity contribution in [2.24, 2.45) is 5.10 Å². The highest BCUT2D eigenvalue weighted by Crippen LogP contribution is 2.37. The van der Waals surface area contributed by atoms with Gasteiger partial charge in [-0.15, -0.1) is 10.2 Å². The quantitative estimate of drug-likeness (QED) is 0.645. The minimum Gasteiger partial charge on any atom is -0.454 e. The number of fused-ring (bicyclic) bond motifs is 2. The molecule has 0 spiro atoms. The third-order valence-corrected chi connectivity index (χ3v) is 5.26. The summed E-state index contributed by atoms with van der Waals surface area (Å²) in [6.07, 6.45) is -4.41. The highest BCUT2D eigenvalue weighted by molar-refractivity contribution is 7.99. The van der Waals surface area contributed by atoms with Crippen LogP contribution in [0.1, 0.15) is 11.1 Å². The van der Waals surface area contributed by atoms with Crippen LogP contribution in [-0.2, 0) is 6.18 Å². The Labute approximate surface area is 161 Å². The molecule has 28 heavy (non-hydrogen) atoms. The summed E-state index contributed by atoms with van der Waals surface area (Å²) in [7, 11) is 0. The minimum absolute atomic E-state index is 0.157. The molecular weight excluding hydrogens is 393 g/mol. The van der Waals surface area contributed by atoms with Gasteiger partial charge in [0.15, 0.2) is 17.3 Å². The maximum Gasteiger partial charge on any atom is 0.416 e. The van der Waals surface area contributed by atoms with Gasteiger partial charge in [-0.3, -0.25) is 0 Å². The molecule has 1 aromatic heterocycles. The lowest BCUT2D eigenvalue weighted by Gasteiger charge is -2.15. The molecule has 0 atom stereocenters. The van der Waals surface area contributed by atoms with Crippen molar-refractivity contribution in [3.05, 3.63) is 53.6 Å². The van der Waals surface area contributed by atoms with Crippen molar-refractivity contribution in [2.75, 3.05) is 12.5 Å². The fourth-order valence-electron chi connectivity index (χ4n) is 2.96. The molecule has 0 saturated heterocycles. The van der Waals surface area contributed by atoms with Gasteiger partial charge < -0.3 is 9.47 Å². The Balaban J connectivity index is 1.56. The Morgan fingerprint density at radius 1 is 0.964 bits per heavy atom. The van der Waals surface area contributed by atoms with E-state index in [1.807, 2.05) is 6.07 Å². The number of thioether (sulfide) groups is 1. The number of hydrogen-bond donors (Lipinski definition) is 0. The lowest BCUT2D eigenvalue weighted by atomic mass is 10.1. The van der Waals surface area contributed by atoms with Crippen molar-refractivity contribution < 1.29 is 22.6 Å². The largest absolute Gasteiger partial charge is 0.454 e. The SMILES string of the molecule is FC(F)(F)c1cccc(C2=Nn3c(nnc3-c3ccc4c(c3)OCO4)SC2)c1. The van der Waals surface area contributed by atoms with E-state index in [1.54, 1.807) is 22.9 Å². The molecule has 2 aliphatic rings. The van der Waals surface area contributed by atoms with E-state index in [-0.39, 0.29) is 6.79 Å². The van der Waals surface area contributed by atoms with Crippen LogP contribution in [0.3, 0.4) is 0 Å². The normalized spacial score (nSPS) is 15.3. The van der Waals surface area contributed by atoms with Gasteiger partial charge in [-0.2, -0.15) is 22.9 Å². The summed E-state index contributed by atoms with van der Waals surface area (Å²) in [4.78, 5) is 0. The maximum atomic E-state index is 13.0. The first-order chi connectivity index (χ1) is 13.5. The van der Waals surface area contributed by atoms with Crippen molar-refractivity contribution in [1.82, 2.24) is 14.9 Å². The molecule has 0 aliphatic carbocycles. The topological polar surface area (TPSA) is 61.5 Å². The number of benzene rings is 2. The van der Waals surface area contributed by atoms with Crippen LogP contribution in [-0.4, -0.2) is 33.1 Å².